The molecule has 0 unspecified atom stereocenters. The summed E-state index contributed by atoms with van der Waals surface area (Å²) in [6, 6.07) is 6.13. The fraction of sp³-hybridized carbons (Fsp3) is 0.417. The molecule has 1 N–H and O–H groups in total. The zero-order valence-corrected chi connectivity index (χ0v) is 8.85. The molecule has 0 spiro atoms. The van der Waals surface area contributed by atoms with Crippen LogP contribution in [0.15, 0.2) is 18.2 Å². The Labute approximate surface area is 84.3 Å². The Balaban J connectivity index is 2.61. The van der Waals surface area contributed by atoms with Crippen LogP contribution in [0.4, 0.5) is 5.69 Å². The monoisotopic (exact) mass is 189 g/mol. The Morgan fingerprint density at radius 2 is 2.14 bits per heavy atom. The van der Waals surface area contributed by atoms with Crippen LogP contribution in [0.2, 0.25) is 0 Å². The van der Waals surface area contributed by atoms with E-state index in [4.69, 9.17) is 0 Å². The van der Waals surface area contributed by atoms with Gasteiger partial charge in [0.05, 0.1) is 5.41 Å². The molecular formula is C12H15NO. The highest BCUT2D eigenvalue weighted by atomic mass is 16.2. The fourth-order valence-corrected chi connectivity index (χ4v) is 1.96. The first-order valence-electron chi connectivity index (χ1n) is 5.00. The van der Waals surface area contributed by atoms with Gasteiger partial charge in [0.15, 0.2) is 0 Å². The highest BCUT2D eigenvalue weighted by Crippen LogP contribution is 2.40. The summed E-state index contributed by atoms with van der Waals surface area (Å²) in [5.74, 6) is 0.126. The molecule has 1 amide bonds. The van der Waals surface area contributed by atoms with Crippen LogP contribution in [0.1, 0.15) is 31.4 Å². The van der Waals surface area contributed by atoms with E-state index in [0.717, 1.165) is 17.7 Å². The summed E-state index contributed by atoms with van der Waals surface area (Å²) in [5.41, 5.74) is 3.00. The molecule has 74 valence electrons. The van der Waals surface area contributed by atoms with Crippen LogP contribution in [0, 0.1) is 6.92 Å². The number of hydrogen-bond acceptors (Lipinski definition) is 1. The molecule has 0 aliphatic carbocycles. The smallest absolute Gasteiger partial charge is 0.234 e. The molecule has 1 aromatic carbocycles. The van der Waals surface area contributed by atoms with Crippen molar-refractivity contribution in [3.05, 3.63) is 29.3 Å². The molecule has 1 aliphatic rings. The van der Waals surface area contributed by atoms with E-state index >= 15 is 0 Å². The molecule has 0 saturated heterocycles. The molecule has 1 atom stereocenters. The van der Waals surface area contributed by atoms with Crippen molar-refractivity contribution >= 4 is 11.6 Å². The van der Waals surface area contributed by atoms with Gasteiger partial charge in [-0.1, -0.05) is 24.6 Å². The minimum atomic E-state index is -0.332. The number of rotatable bonds is 1. The molecular weight excluding hydrogens is 174 g/mol. The van der Waals surface area contributed by atoms with Gasteiger partial charge >= 0.3 is 0 Å². The maximum atomic E-state index is 11.8. The highest BCUT2D eigenvalue weighted by molar-refractivity contribution is 6.05. The zero-order valence-electron chi connectivity index (χ0n) is 8.85. The number of hydrogen-bond donors (Lipinski definition) is 1. The average Bonchev–Trinajstić information content (AvgIpc) is 2.41. The largest absolute Gasteiger partial charge is 0.325 e. The van der Waals surface area contributed by atoms with Gasteiger partial charge in [-0.2, -0.15) is 0 Å². The molecule has 14 heavy (non-hydrogen) atoms. The van der Waals surface area contributed by atoms with E-state index in [0.29, 0.717) is 0 Å². The fourth-order valence-electron chi connectivity index (χ4n) is 1.96. The lowest BCUT2D eigenvalue weighted by Gasteiger charge is -2.19. The van der Waals surface area contributed by atoms with Crippen LogP contribution in [-0.2, 0) is 10.2 Å². The summed E-state index contributed by atoms with van der Waals surface area (Å²) in [4.78, 5) is 11.8. The molecule has 2 heteroatoms. The van der Waals surface area contributed by atoms with Crippen molar-refractivity contribution in [2.75, 3.05) is 5.32 Å². The second-order valence-corrected chi connectivity index (χ2v) is 4.19. The van der Waals surface area contributed by atoms with Gasteiger partial charge in [0.25, 0.3) is 0 Å². The van der Waals surface area contributed by atoms with Gasteiger partial charge in [-0.3, -0.25) is 4.79 Å². The standard InChI is InChI=1S/C12H15NO/c1-4-12(3)9-7-8(2)5-6-10(9)13-11(12)14/h5-7H,4H2,1-3H3,(H,13,14)/t12-/m1/s1. The molecule has 1 heterocycles. The van der Waals surface area contributed by atoms with Gasteiger partial charge in [0.1, 0.15) is 0 Å². The van der Waals surface area contributed by atoms with E-state index in [9.17, 15) is 4.79 Å². The summed E-state index contributed by atoms with van der Waals surface area (Å²) in [5, 5.41) is 2.93. The molecule has 2 nitrogen and oxygen atoms in total. The first-order valence-corrected chi connectivity index (χ1v) is 5.00. The van der Waals surface area contributed by atoms with E-state index in [1.165, 1.54) is 5.56 Å². The number of benzene rings is 1. The SMILES string of the molecule is CC[C@@]1(C)C(=O)Nc2ccc(C)cc21. The van der Waals surface area contributed by atoms with Crippen molar-refractivity contribution in [2.24, 2.45) is 0 Å². The second-order valence-electron chi connectivity index (χ2n) is 4.19. The summed E-state index contributed by atoms with van der Waals surface area (Å²) in [6.45, 7) is 6.11. The lowest BCUT2D eigenvalue weighted by molar-refractivity contribution is -0.120. The van der Waals surface area contributed by atoms with Crippen LogP contribution in [0.3, 0.4) is 0 Å². The van der Waals surface area contributed by atoms with Crippen molar-refractivity contribution in [2.45, 2.75) is 32.6 Å². The van der Waals surface area contributed by atoms with E-state index < -0.39 is 0 Å². The van der Waals surface area contributed by atoms with Crippen molar-refractivity contribution < 1.29 is 4.79 Å². The third kappa shape index (κ3) is 1.07. The van der Waals surface area contributed by atoms with Gasteiger partial charge in [0.2, 0.25) is 5.91 Å². The minimum absolute atomic E-state index is 0.126. The molecule has 0 bridgehead atoms. The number of nitrogens with one attached hydrogen (secondary N) is 1. The normalized spacial score (nSPS) is 24.6. The predicted molar refractivity (Wildman–Crippen MR) is 57.5 cm³/mol. The number of amides is 1. The van der Waals surface area contributed by atoms with Crippen LogP contribution < -0.4 is 5.32 Å². The number of carbonyl (C=O) groups is 1. The Kier molecular flexibility index (Phi) is 1.88. The Morgan fingerprint density at radius 1 is 1.43 bits per heavy atom. The molecule has 0 saturated carbocycles. The lowest BCUT2D eigenvalue weighted by atomic mass is 9.81. The number of carbonyl (C=O) groups excluding carboxylic acids is 1. The highest BCUT2D eigenvalue weighted by Gasteiger charge is 2.40. The third-order valence-electron chi connectivity index (χ3n) is 3.23. The molecule has 0 fully saturated rings. The molecule has 1 aliphatic heterocycles. The maximum absolute atomic E-state index is 11.8. The summed E-state index contributed by atoms with van der Waals surface area (Å²) >= 11 is 0. The quantitative estimate of drug-likeness (QED) is 0.723. The Hall–Kier alpha value is -1.31. The molecule has 0 radical (unpaired) electrons. The Bertz CT molecular complexity index is 397. The number of anilines is 1. The topological polar surface area (TPSA) is 29.1 Å². The summed E-state index contributed by atoms with van der Waals surface area (Å²) < 4.78 is 0. The van der Waals surface area contributed by atoms with Crippen LogP contribution in [0.25, 0.3) is 0 Å². The van der Waals surface area contributed by atoms with E-state index in [1.54, 1.807) is 0 Å². The van der Waals surface area contributed by atoms with E-state index in [-0.39, 0.29) is 11.3 Å². The Morgan fingerprint density at radius 3 is 2.79 bits per heavy atom. The van der Waals surface area contributed by atoms with Crippen molar-refractivity contribution in [1.29, 1.82) is 0 Å². The summed E-state index contributed by atoms with van der Waals surface area (Å²) in [6.07, 6.45) is 0.843. The minimum Gasteiger partial charge on any atom is -0.325 e. The van der Waals surface area contributed by atoms with E-state index in [2.05, 4.69) is 25.2 Å². The van der Waals surface area contributed by atoms with Crippen molar-refractivity contribution in [3.8, 4) is 0 Å². The molecule has 0 aromatic heterocycles. The molecule has 1 aromatic rings. The number of aryl methyl sites for hydroxylation is 1. The van der Waals surface area contributed by atoms with Gasteiger partial charge < -0.3 is 5.32 Å². The van der Waals surface area contributed by atoms with Gasteiger partial charge in [-0.15, -0.1) is 0 Å². The number of fused-ring (bicyclic) bond motifs is 1. The summed E-state index contributed by atoms with van der Waals surface area (Å²) in [7, 11) is 0. The second kappa shape index (κ2) is 2.84. The molecule has 2 rings (SSSR count). The zero-order chi connectivity index (χ0) is 10.3. The van der Waals surface area contributed by atoms with Gasteiger partial charge in [0, 0.05) is 5.69 Å². The van der Waals surface area contributed by atoms with E-state index in [1.807, 2.05) is 19.1 Å². The predicted octanol–water partition coefficient (Wildman–Crippen LogP) is 2.61. The van der Waals surface area contributed by atoms with Crippen LogP contribution in [0.5, 0.6) is 0 Å². The van der Waals surface area contributed by atoms with Gasteiger partial charge in [-0.05, 0) is 31.9 Å². The van der Waals surface area contributed by atoms with Gasteiger partial charge in [-0.25, -0.2) is 0 Å². The van der Waals surface area contributed by atoms with Crippen LogP contribution >= 0.6 is 0 Å². The van der Waals surface area contributed by atoms with Crippen molar-refractivity contribution in [3.63, 3.8) is 0 Å². The first-order chi connectivity index (χ1) is 6.58. The third-order valence-corrected chi connectivity index (χ3v) is 3.23. The average molecular weight is 189 g/mol. The van der Waals surface area contributed by atoms with Crippen molar-refractivity contribution in [1.82, 2.24) is 0 Å². The first kappa shape index (κ1) is 9.25. The lowest BCUT2D eigenvalue weighted by Crippen LogP contribution is -2.29. The maximum Gasteiger partial charge on any atom is 0.234 e. The van der Waals surface area contributed by atoms with Crippen LogP contribution in [-0.4, -0.2) is 5.91 Å².